The molecule has 0 unspecified atom stereocenters. The first-order chi connectivity index (χ1) is 13.7. The van der Waals surface area contributed by atoms with E-state index in [9.17, 15) is 9.59 Å². The number of rotatable bonds is 3. The average molecular weight is 428 g/mol. The Bertz CT molecular complexity index is 1260. The minimum absolute atomic E-state index is 0.0103. The topological polar surface area (TPSA) is 46.2 Å². The van der Waals surface area contributed by atoms with Gasteiger partial charge in [0.2, 0.25) is 0 Å². The number of imide groups is 1. The summed E-state index contributed by atoms with van der Waals surface area (Å²) < 4.78 is 0.942. The van der Waals surface area contributed by atoms with Crippen molar-refractivity contribution in [2.24, 2.45) is 0 Å². The predicted octanol–water partition coefficient (Wildman–Crippen LogP) is 4.13. The maximum atomic E-state index is 12.6. The first-order valence-electron chi connectivity index (χ1n) is 8.95. The number of nitrogens with one attached hydrogen (secondary N) is 1. The molecule has 0 spiro atoms. The number of amides is 2. The van der Waals surface area contributed by atoms with E-state index in [1.165, 1.54) is 10.8 Å². The SMILES string of the molecule is O=C1NC(=O)C(c2cc(-c3cccc4ccccc34)c[se]2)=C1c1ccccc1. The van der Waals surface area contributed by atoms with Gasteiger partial charge in [0.1, 0.15) is 0 Å². The Balaban J connectivity index is 1.67. The van der Waals surface area contributed by atoms with E-state index in [-0.39, 0.29) is 26.3 Å². The van der Waals surface area contributed by atoms with Gasteiger partial charge in [-0.1, -0.05) is 0 Å². The number of carbonyl (C=O) groups excluding carboxylic acids is 2. The van der Waals surface area contributed by atoms with Crippen LogP contribution in [0.5, 0.6) is 0 Å². The van der Waals surface area contributed by atoms with Crippen molar-refractivity contribution in [2.45, 2.75) is 0 Å². The van der Waals surface area contributed by atoms with E-state index in [2.05, 4.69) is 46.7 Å². The normalized spacial score (nSPS) is 14.0. The molecule has 0 saturated carbocycles. The monoisotopic (exact) mass is 429 g/mol. The minimum atomic E-state index is -0.318. The summed E-state index contributed by atoms with van der Waals surface area (Å²) in [4.78, 5) is 27.2. The number of hydrogen-bond donors (Lipinski definition) is 1. The Kier molecular flexibility index (Phi) is 4.08. The average Bonchev–Trinajstić information content (AvgIpc) is 3.32. The number of benzene rings is 3. The van der Waals surface area contributed by atoms with E-state index in [0.717, 1.165) is 21.1 Å². The third kappa shape index (κ3) is 2.75. The molecule has 4 aromatic rings. The first kappa shape index (κ1) is 16.9. The standard InChI is InChI=1S/C24H15NO2Se/c26-23-21(16-8-2-1-3-9-16)22(24(27)25-23)20-13-17(14-28-20)19-12-6-10-15-7-4-5-11-18(15)19/h1-14H,(H,25,26,27). The Morgan fingerprint density at radius 2 is 1.39 bits per heavy atom. The molecule has 1 N–H and O–H groups in total. The zero-order valence-corrected chi connectivity index (χ0v) is 16.5. The molecule has 0 radical (unpaired) electrons. The molecular weight excluding hydrogens is 413 g/mol. The van der Waals surface area contributed by atoms with Gasteiger partial charge in [0.15, 0.2) is 0 Å². The van der Waals surface area contributed by atoms with Crippen molar-refractivity contribution in [3.05, 3.63) is 93.8 Å². The zero-order valence-electron chi connectivity index (χ0n) is 14.8. The fraction of sp³-hybridized carbons (Fsp3) is 0. The van der Waals surface area contributed by atoms with Crippen LogP contribution < -0.4 is 5.32 Å². The molecule has 0 bridgehead atoms. The molecule has 1 aromatic heterocycles. The second-order valence-electron chi connectivity index (χ2n) is 6.63. The maximum absolute atomic E-state index is 12.6. The van der Waals surface area contributed by atoms with E-state index in [0.29, 0.717) is 11.1 Å². The summed E-state index contributed by atoms with van der Waals surface area (Å²) >= 11 is -0.0103. The van der Waals surface area contributed by atoms with Gasteiger partial charge in [0.05, 0.1) is 0 Å². The Morgan fingerprint density at radius 1 is 0.679 bits per heavy atom. The molecule has 0 atom stereocenters. The van der Waals surface area contributed by atoms with Crippen LogP contribution in [-0.4, -0.2) is 26.3 Å². The quantitative estimate of drug-likeness (QED) is 0.394. The van der Waals surface area contributed by atoms with Crippen LogP contribution in [0.3, 0.4) is 0 Å². The molecule has 3 aromatic carbocycles. The summed E-state index contributed by atoms with van der Waals surface area (Å²) in [6.45, 7) is 0. The molecule has 0 saturated heterocycles. The zero-order chi connectivity index (χ0) is 19.1. The van der Waals surface area contributed by atoms with E-state index in [1.807, 2.05) is 42.5 Å². The summed E-state index contributed by atoms with van der Waals surface area (Å²) in [7, 11) is 0. The third-order valence-electron chi connectivity index (χ3n) is 4.94. The Labute approximate surface area is 168 Å². The van der Waals surface area contributed by atoms with Gasteiger partial charge in [-0.2, -0.15) is 0 Å². The second-order valence-corrected chi connectivity index (χ2v) is 8.54. The Morgan fingerprint density at radius 3 is 2.25 bits per heavy atom. The van der Waals surface area contributed by atoms with Gasteiger partial charge in [-0.25, -0.2) is 0 Å². The van der Waals surface area contributed by atoms with Crippen molar-refractivity contribution in [1.29, 1.82) is 0 Å². The van der Waals surface area contributed by atoms with Crippen LogP contribution in [0.1, 0.15) is 10.0 Å². The van der Waals surface area contributed by atoms with Crippen molar-refractivity contribution in [3.63, 3.8) is 0 Å². The van der Waals surface area contributed by atoms with Gasteiger partial charge in [0.25, 0.3) is 0 Å². The van der Waals surface area contributed by atoms with E-state index >= 15 is 0 Å². The van der Waals surface area contributed by atoms with Gasteiger partial charge in [-0.05, 0) is 0 Å². The molecular formula is C24H15NO2Se. The molecule has 2 heterocycles. The second kappa shape index (κ2) is 6.75. The molecule has 0 fully saturated rings. The van der Waals surface area contributed by atoms with Crippen LogP contribution in [0.15, 0.2) is 83.8 Å². The molecule has 2 amide bonds. The first-order valence-corrected chi connectivity index (χ1v) is 10.8. The van der Waals surface area contributed by atoms with Gasteiger partial charge in [0, 0.05) is 0 Å². The van der Waals surface area contributed by atoms with Gasteiger partial charge in [-0.15, -0.1) is 0 Å². The van der Waals surface area contributed by atoms with Crippen LogP contribution in [0.25, 0.3) is 33.0 Å². The molecule has 5 rings (SSSR count). The molecule has 4 heteroatoms. The number of fused-ring (bicyclic) bond motifs is 1. The predicted molar refractivity (Wildman–Crippen MR) is 113 cm³/mol. The van der Waals surface area contributed by atoms with Crippen molar-refractivity contribution in [2.75, 3.05) is 0 Å². The van der Waals surface area contributed by atoms with Crippen LogP contribution in [-0.2, 0) is 9.59 Å². The third-order valence-corrected chi connectivity index (χ3v) is 6.93. The Hall–Kier alpha value is -3.20. The molecule has 0 aliphatic carbocycles. The number of hydrogen-bond acceptors (Lipinski definition) is 2. The van der Waals surface area contributed by atoms with Crippen LogP contribution in [0.2, 0.25) is 0 Å². The van der Waals surface area contributed by atoms with Crippen molar-refractivity contribution in [3.8, 4) is 11.1 Å². The molecule has 134 valence electrons. The molecule has 1 aliphatic rings. The summed E-state index contributed by atoms with van der Waals surface area (Å²) in [5.74, 6) is -0.619. The molecule has 28 heavy (non-hydrogen) atoms. The van der Waals surface area contributed by atoms with Crippen molar-refractivity contribution < 1.29 is 9.59 Å². The van der Waals surface area contributed by atoms with Gasteiger partial charge in [-0.3, -0.25) is 0 Å². The number of carbonyl (C=O) groups is 2. The fourth-order valence-corrected chi connectivity index (χ4v) is 5.66. The van der Waals surface area contributed by atoms with Gasteiger partial charge < -0.3 is 0 Å². The van der Waals surface area contributed by atoms with Crippen LogP contribution in [0, 0.1) is 0 Å². The van der Waals surface area contributed by atoms with E-state index in [4.69, 9.17) is 0 Å². The van der Waals surface area contributed by atoms with Crippen LogP contribution in [0.4, 0.5) is 0 Å². The van der Waals surface area contributed by atoms with Crippen molar-refractivity contribution in [1.82, 2.24) is 5.32 Å². The van der Waals surface area contributed by atoms with Crippen LogP contribution >= 0.6 is 0 Å². The molecule has 3 nitrogen and oxygen atoms in total. The summed E-state index contributed by atoms with van der Waals surface area (Å²) in [6.07, 6.45) is 0. The summed E-state index contributed by atoms with van der Waals surface area (Å²) in [6, 6.07) is 26.0. The van der Waals surface area contributed by atoms with E-state index in [1.54, 1.807) is 0 Å². The fourth-order valence-electron chi connectivity index (χ4n) is 3.66. The summed E-state index contributed by atoms with van der Waals surface area (Å²) in [5.41, 5.74) is 4.03. The van der Waals surface area contributed by atoms with Crippen molar-refractivity contribution >= 4 is 48.2 Å². The van der Waals surface area contributed by atoms with E-state index < -0.39 is 0 Å². The molecule has 1 aliphatic heterocycles. The van der Waals surface area contributed by atoms with Gasteiger partial charge >= 0.3 is 168 Å². The summed E-state index contributed by atoms with van der Waals surface area (Å²) in [5, 5.41) is 4.85.